The highest BCUT2D eigenvalue weighted by Crippen LogP contribution is 2.37. The van der Waals surface area contributed by atoms with Gasteiger partial charge in [0.05, 0.1) is 5.56 Å². The summed E-state index contributed by atoms with van der Waals surface area (Å²) >= 11 is 5.99. The molecule has 2 nitrogen and oxygen atoms in total. The fourth-order valence-electron chi connectivity index (χ4n) is 1.98. The summed E-state index contributed by atoms with van der Waals surface area (Å²) in [4.78, 5) is 11.5. The number of rotatable bonds is 1. The van der Waals surface area contributed by atoms with E-state index in [9.17, 15) is 4.79 Å². The van der Waals surface area contributed by atoms with E-state index in [2.05, 4.69) is 0 Å². The number of hydrogen-bond acceptors (Lipinski definition) is 2. The minimum Gasteiger partial charge on any atom is -0.487 e. The molecule has 0 amide bonds. The van der Waals surface area contributed by atoms with Crippen LogP contribution in [0.3, 0.4) is 0 Å². The summed E-state index contributed by atoms with van der Waals surface area (Å²) in [5.41, 5.74) is 1.43. The molecule has 16 heavy (non-hydrogen) atoms. The standard InChI is InChI=1S/C13H15ClO2/c1-8(15)11-7-10(14)6-9-4-5-13(2,3)16-12(9)11/h6-7H,4-5H2,1-3H3. The number of carbonyl (C=O) groups is 1. The lowest BCUT2D eigenvalue weighted by molar-refractivity contribution is 0.0809. The largest absolute Gasteiger partial charge is 0.487 e. The van der Waals surface area contributed by atoms with Crippen molar-refractivity contribution in [2.24, 2.45) is 0 Å². The number of ketones is 1. The minimum atomic E-state index is -0.203. The van der Waals surface area contributed by atoms with Crippen molar-refractivity contribution in [2.75, 3.05) is 0 Å². The van der Waals surface area contributed by atoms with Crippen LogP contribution in [-0.2, 0) is 6.42 Å². The second-order valence-corrected chi connectivity index (χ2v) is 5.30. The normalized spacial score (nSPS) is 17.5. The maximum Gasteiger partial charge on any atom is 0.163 e. The Labute approximate surface area is 101 Å². The van der Waals surface area contributed by atoms with E-state index in [0.717, 1.165) is 18.4 Å². The first-order valence-corrected chi connectivity index (χ1v) is 5.79. The molecule has 0 saturated carbocycles. The quantitative estimate of drug-likeness (QED) is 0.699. The number of benzene rings is 1. The SMILES string of the molecule is CC(=O)c1cc(Cl)cc2c1OC(C)(C)CC2. The topological polar surface area (TPSA) is 26.3 Å². The summed E-state index contributed by atoms with van der Waals surface area (Å²) in [5.74, 6) is 0.713. The average molecular weight is 239 g/mol. The summed E-state index contributed by atoms with van der Waals surface area (Å²) < 4.78 is 5.89. The van der Waals surface area contributed by atoms with Gasteiger partial charge in [-0.25, -0.2) is 0 Å². The van der Waals surface area contributed by atoms with E-state index in [0.29, 0.717) is 16.3 Å². The molecule has 0 bridgehead atoms. The molecule has 86 valence electrons. The van der Waals surface area contributed by atoms with Crippen molar-refractivity contribution in [3.63, 3.8) is 0 Å². The lowest BCUT2D eigenvalue weighted by atomic mass is 9.92. The van der Waals surface area contributed by atoms with E-state index >= 15 is 0 Å². The van der Waals surface area contributed by atoms with Gasteiger partial charge in [0.1, 0.15) is 11.4 Å². The van der Waals surface area contributed by atoms with Gasteiger partial charge in [-0.1, -0.05) is 11.6 Å². The second kappa shape index (κ2) is 3.77. The van der Waals surface area contributed by atoms with Gasteiger partial charge in [-0.15, -0.1) is 0 Å². The molecular weight excluding hydrogens is 224 g/mol. The molecule has 0 aliphatic carbocycles. The van der Waals surface area contributed by atoms with Gasteiger partial charge in [0, 0.05) is 5.02 Å². The van der Waals surface area contributed by atoms with E-state index in [-0.39, 0.29) is 11.4 Å². The van der Waals surface area contributed by atoms with Crippen LogP contribution in [0.1, 0.15) is 43.1 Å². The van der Waals surface area contributed by atoms with Crippen molar-refractivity contribution in [3.05, 3.63) is 28.3 Å². The lowest BCUT2D eigenvalue weighted by Crippen LogP contribution is -2.33. The molecule has 3 heteroatoms. The van der Waals surface area contributed by atoms with Gasteiger partial charge in [-0.3, -0.25) is 4.79 Å². The molecule has 1 aliphatic heterocycles. The van der Waals surface area contributed by atoms with E-state index in [1.165, 1.54) is 6.92 Å². The molecule has 0 aromatic heterocycles. The highest BCUT2D eigenvalue weighted by molar-refractivity contribution is 6.31. The summed E-state index contributed by atoms with van der Waals surface area (Å²) in [6.45, 7) is 5.61. The monoisotopic (exact) mass is 238 g/mol. The molecule has 1 aromatic carbocycles. The Morgan fingerprint density at radius 2 is 2.12 bits per heavy atom. The minimum absolute atomic E-state index is 0.00329. The van der Waals surface area contributed by atoms with Gasteiger partial charge < -0.3 is 4.74 Å². The van der Waals surface area contributed by atoms with Crippen LogP contribution in [0.2, 0.25) is 5.02 Å². The van der Waals surface area contributed by atoms with Crippen LogP contribution in [0, 0.1) is 0 Å². The first-order chi connectivity index (χ1) is 7.39. The van der Waals surface area contributed by atoms with Gasteiger partial charge >= 0.3 is 0 Å². The molecule has 0 saturated heterocycles. The fraction of sp³-hybridized carbons (Fsp3) is 0.462. The van der Waals surface area contributed by atoms with Crippen molar-refractivity contribution in [3.8, 4) is 5.75 Å². The van der Waals surface area contributed by atoms with Crippen LogP contribution in [0.15, 0.2) is 12.1 Å². The maximum atomic E-state index is 11.5. The summed E-state index contributed by atoms with van der Waals surface area (Å²) in [6.07, 6.45) is 1.85. The summed E-state index contributed by atoms with van der Waals surface area (Å²) in [7, 11) is 0. The number of halogens is 1. The Hall–Kier alpha value is -1.02. The number of carbonyl (C=O) groups excluding carboxylic acids is 1. The van der Waals surface area contributed by atoms with Crippen molar-refractivity contribution in [1.82, 2.24) is 0 Å². The zero-order valence-corrected chi connectivity index (χ0v) is 10.5. The molecule has 2 rings (SSSR count). The van der Waals surface area contributed by atoms with E-state index in [4.69, 9.17) is 16.3 Å². The Morgan fingerprint density at radius 3 is 2.75 bits per heavy atom. The molecule has 1 aliphatic rings. The molecule has 1 heterocycles. The number of aryl methyl sites for hydroxylation is 1. The van der Waals surface area contributed by atoms with Gasteiger partial charge in [0.25, 0.3) is 0 Å². The Bertz CT molecular complexity index is 449. The van der Waals surface area contributed by atoms with Crippen LogP contribution in [0.25, 0.3) is 0 Å². The third-order valence-electron chi connectivity index (χ3n) is 2.88. The summed E-state index contributed by atoms with van der Waals surface area (Å²) in [5, 5.41) is 0.604. The first-order valence-electron chi connectivity index (χ1n) is 5.41. The molecular formula is C13H15ClO2. The van der Waals surface area contributed by atoms with Crippen LogP contribution in [0.4, 0.5) is 0 Å². The molecule has 1 aromatic rings. The molecule has 0 radical (unpaired) electrons. The highest BCUT2D eigenvalue weighted by Gasteiger charge is 2.29. The molecule has 0 spiro atoms. The van der Waals surface area contributed by atoms with Crippen LogP contribution in [0.5, 0.6) is 5.75 Å². The average Bonchev–Trinajstić information content (AvgIpc) is 2.16. The van der Waals surface area contributed by atoms with Crippen LogP contribution in [-0.4, -0.2) is 11.4 Å². The van der Waals surface area contributed by atoms with Gasteiger partial charge in [0.15, 0.2) is 5.78 Å². The van der Waals surface area contributed by atoms with Gasteiger partial charge in [-0.05, 0) is 51.3 Å². The number of Topliss-reactive ketones (excluding diaryl/α,β-unsaturated/α-hetero) is 1. The van der Waals surface area contributed by atoms with E-state index in [1.54, 1.807) is 6.07 Å². The maximum absolute atomic E-state index is 11.5. The highest BCUT2D eigenvalue weighted by atomic mass is 35.5. The van der Waals surface area contributed by atoms with Crippen LogP contribution >= 0.6 is 11.6 Å². The van der Waals surface area contributed by atoms with Crippen molar-refractivity contribution in [1.29, 1.82) is 0 Å². The predicted molar refractivity (Wildman–Crippen MR) is 64.5 cm³/mol. The van der Waals surface area contributed by atoms with E-state index < -0.39 is 0 Å². The first kappa shape index (κ1) is 11.5. The molecule has 0 fully saturated rings. The molecule has 0 unspecified atom stereocenters. The van der Waals surface area contributed by atoms with Crippen molar-refractivity contribution < 1.29 is 9.53 Å². The number of fused-ring (bicyclic) bond motifs is 1. The zero-order chi connectivity index (χ0) is 11.9. The molecule has 0 atom stereocenters. The number of hydrogen-bond donors (Lipinski definition) is 0. The Morgan fingerprint density at radius 1 is 1.44 bits per heavy atom. The molecule has 0 N–H and O–H groups in total. The number of ether oxygens (including phenoxy) is 1. The van der Waals surface area contributed by atoms with Gasteiger partial charge in [-0.2, -0.15) is 0 Å². The Kier molecular flexibility index (Phi) is 2.70. The third-order valence-corrected chi connectivity index (χ3v) is 3.10. The fourth-order valence-corrected chi connectivity index (χ4v) is 2.22. The van der Waals surface area contributed by atoms with Crippen molar-refractivity contribution in [2.45, 2.75) is 39.2 Å². The van der Waals surface area contributed by atoms with Crippen molar-refractivity contribution >= 4 is 17.4 Å². The zero-order valence-electron chi connectivity index (χ0n) is 9.76. The smallest absolute Gasteiger partial charge is 0.163 e. The predicted octanol–water partition coefficient (Wildman–Crippen LogP) is 3.65. The van der Waals surface area contributed by atoms with E-state index in [1.807, 2.05) is 19.9 Å². The summed E-state index contributed by atoms with van der Waals surface area (Å²) in [6, 6.07) is 3.57. The third kappa shape index (κ3) is 2.07. The second-order valence-electron chi connectivity index (χ2n) is 4.86. The van der Waals surface area contributed by atoms with Gasteiger partial charge in [0.2, 0.25) is 0 Å². The Balaban J connectivity index is 2.56. The lowest BCUT2D eigenvalue weighted by Gasteiger charge is -2.33. The van der Waals surface area contributed by atoms with Crippen LogP contribution < -0.4 is 4.74 Å².